The standard InChI is InChI=1S/C12H11BrFNO/c13-10-6-9(14)4-5-12(10)16-11-3-1-2-8(11)7-15/h4-6,8,11H,1-3H2. The number of hydrogen-bond donors (Lipinski definition) is 0. The Morgan fingerprint density at radius 1 is 1.44 bits per heavy atom. The molecule has 1 saturated carbocycles. The first kappa shape index (κ1) is 11.4. The third kappa shape index (κ3) is 2.35. The lowest BCUT2D eigenvalue weighted by molar-refractivity contribution is 0.181. The predicted octanol–water partition coefficient (Wildman–Crippen LogP) is 3.66. The molecule has 84 valence electrons. The zero-order chi connectivity index (χ0) is 11.5. The van der Waals surface area contributed by atoms with Crippen molar-refractivity contribution in [3.05, 3.63) is 28.5 Å². The molecular formula is C12H11BrFNO. The van der Waals surface area contributed by atoms with Gasteiger partial charge in [0.15, 0.2) is 0 Å². The molecule has 0 radical (unpaired) electrons. The van der Waals surface area contributed by atoms with Crippen molar-refractivity contribution < 1.29 is 9.13 Å². The van der Waals surface area contributed by atoms with Crippen LogP contribution in [0.5, 0.6) is 5.75 Å². The van der Waals surface area contributed by atoms with E-state index in [0.717, 1.165) is 19.3 Å². The van der Waals surface area contributed by atoms with Crippen LogP contribution in [0.15, 0.2) is 22.7 Å². The highest BCUT2D eigenvalue weighted by Gasteiger charge is 2.29. The molecule has 0 spiro atoms. The molecule has 0 aromatic heterocycles. The van der Waals surface area contributed by atoms with Gasteiger partial charge in [-0.15, -0.1) is 0 Å². The summed E-state index contributed by atoms with van der Waals surface area (Å²) in [5, 5.41) is 8.93. The molecule has 0 saturated heterocycles. The van der Waals surface area contributed by atoms with Gasteiger partial charge in [-0.25, -0.2) is 4.39 Å². The Morgan fingerprint density at radius 3 is 2.94 bits per heavy atom. The SMILES string of the molecule is N#CC1CCCC1Oc1ccc(F)cc1Br. The minimum Gasteiger partial charge on any atom is -0.488 e. The van der Waals surface area contributed by atoms with Gasteiger partial charge in [-0.1, -0.05) is 0 Å². The summed E-state index contributed by atoms with van der Waals surface area (Å²) >= 11 is 3.25. The molecule has 4 heteroatoms. The van der Waals surface area contributed by atoms with Crippen LogP contribution in [0.25, 0.3) is 0 Å². The molecular weight excluding hydrogens is 273 g/mol. The monoisotopic (exact) mass is 283 g/mol. The van der Waals surface area contributed by atoms with Crippen LogP contribution in [0.4, 0.5) is 4.39 Å². The topological polar surface area (TPSA) is 33.0 Å². The molecule has 2 unspecified atom stereocenters. The van der Waals surface area contributed by atoms with Crippen molar-refractivity contribution in [2.24, 2.45) is 5.92 Å². The molecule has 1 aliphatic carbocycles. The number of hydrogen-bond acceptors (Lipinski definition) is 2. The van der Waals surface area contributed by atoms with E-state index in [1.807, 2.05) is 0 Å². The number of halogens is 2. The summed E-state index contributed by atoms with van der Waals surface area (Å²) < 4.78 is 19.2. The predicted molar refractivity (Wildman–Crippen MR) is 61.5 cm³/mol. The molecule has 0 heterocycles. The van der Waals surface area contributed by atoms with Crippen LogP contribution < -0.4 is 4.74 Å². The van der Waals surface area contributed by atoms with Crippen LogP contribution in [0.1, 0.15) is 19.3 Å². The second kappa shape index (κ2) is 4.84. The molecule has 2 rings (SSSR count). The van der Waals surface area contributed by atoms with E-state index in [-0.39, 0.29) is 17.8 Å². The van der Waals surface area contributed by atoms with Gasteiger partial charge in [0.2, 0.25) is 0 Å². The van der Waals surface area contributed by atoms with Crippen molar-refractivity contribution in [2.75, 3.05) is 0 Å². The summed E-state index contributed by atoms with van der Waals surface area (Å²) in [6.45, 7) is 0. The molecule has 1 aliphatic rings. The van der Waals surface area contributed by atoms with E-state index in [2.05, 4.69) is 22.0 Å². The maximum Gasteiger partial charge on any atom is 0.134 e. The van der Waals surface area contributed by atoms with E-state index in [1.54, 1.807) is 6.07 Å². The lowest BCUT2D eigenvalue weighted by atomic mass is 10.1. The first-order valence-corrected chi connectivity index (χ1v) is 6.01. The summed E-state index contributed by atoms with van der Waals surface area (Å²) in [6.07, 6.45) is 2.73. The van der Waals surface area contributed by atoms with Crippen LogP contribution in [0.2, 0.25) is 0 Å². The lowest BCUT2D eigenvalue weighted by Crippen LogP contribution is -2.20. The minimum absolute atomic E-state index is 0.0445. The van der Waals surface area contributed by atoms with Gasteiger partial charge in [0.25, 0.3) is 0 Å². The zero-order valence-electron chi connectivity index (χ0n) is 8.62. The molecule has 1 fully saturated rings. The highest BCUT2D eigenvalue weighted by atomic mass is 79.9. The Morgan fingerprint density at radius 2 is 2.25 bits per heavy atom. The lowest BCUT2D eigenvalue weighted by Gasteiger charge is -2.17. The molecule has 16 heavy (non-hydrogen) atoms. The Balaban J connectivity index is 2.12. The first-order chi connectivity index (χ1) is 7.70. The Labute approximate surface area is 102 Å². The van der Waals surface area contributed by atoms with Crippen molar-refractivity contribution >= 4 is 15.9 Å². The fourth-order valence-electron chi connectivity index (χ4n) is 1.95. The van der Waals surface area contributed by atoms with Gasteiger partial charge in [0.05, 0.1) is 16.5 Å². The number of benzene rings is 1. The van der Waals surface area contributed by atoms with Crippen molar-refractivity contribution in [3.8, 4) is 11.8 Å². The first-order valence-electron chi connectivity index (χ1n) is 5.22. The van der Waals surface area contributed by atoms with Gasteiger partial charge in [-0.05, 0) is 53.4 Å². The van der Waals surface area contributed by atoms with Crippen LogP contribution in [-0.2, 0) is 0 Å². The Bertz CT molecular complexity index is 430. The molecule has 0 amide bonds. The summed E-state index contributed by atoms with van der Waals surface area (Å²) in [5.74, 6) is 0.257. The fraction of sp³-hybridized carbons (Fsp3) is 0.417. The highest BCUT2D eigenvalue weighted by Crippen LogP contribution is 2.33. The largest absolute Gasteiger partial charge is 0.488 e. The normalized spacial score (nSPS) is 24.1. The maximum atomic E-state index is 12.9. The summed E-state index contributed by atoms with van der Waals surface area (Å²) in [4.78, 5) is 0. The number of nitrogens with zero attached hydrogens (tertiary/aromatic N) is 1. The van der Waals surface area contributed by atoms with Gasteiger partial charge in [0, 0.05) is 0 Å². The van der Waals surface area contributed by atoms with Gasteiger partial charge in [0.1, 0.15) is 17.7 Å². The Hall–Kier alpha value is -1.08. The van der Waals surface area contributed by atoms with Crippen LogP contribution >= 0.6 is 15.9 Å². The van der Waals surface area contributed by atoms with Gasteiger partial charge < -0.3 is 4.74 Å². The quantitative estimate of drug-likeness (QED) is 0.830. The van der Waals surface area contributed by atoms with E-state index < -0.39 is 0 Å². The average molecular weight is 284 g/mol. The molecule has 2 atom stereocenters. The maximum absolute atomic E-state index is 12.9. The van der Waals surface area contributed by atoms with E-state index in [1.165, 1.54) is 12.1 Å². The number of nitriles is 1. The second-order valence-corrected chi connectivity index (χ2v) is 4.75. The smallest absolute Gasteiger partial charge is 0.134 e. The van der Waals surface area contributed by atoms with Crippen molar-refractivity contribution in [1.82, 2.24) is 0 Å². The van der Waals surface area contributed by atoms with Crippen molar-refractivity contribution in [1.29, 1.82) is 5.26 Å². The van der Waals surface area contributed by atoms with E-state index >= 15 is 0 Å². The molecule has 0 bridgehead atoms. The summed E-state index contributed by atoms with van der Waals surface area (Å²) in [7, 11) is 0. The van der Waals surface area contributed by atoms with Gasteiger partial charge in [-0.2, -0.15) is 5.26 Å². The van der Waals surface area contributed by atoms with Crippen LogP contribution in [0, 0.1) is 23.1 Å². The Kier molecular flexibility index (Phi) is 3.45. The van der Waals surface area contributed by atoms with E-state index in [9.17, 15) is 4.39 Å². The van der Waals surface area contributed by atoms with Gasteiger partial charge >= 0.3 is 0 Å². The van der Waals surface area contributed by atoms with Crippen molar-refractivity contribution in [2.45, 2.75) is 25.4 Å². The van der Waals surface area contributed by atoms with Gasteiger partial charge in [-0.3, -0.25) is 0 Å². The second-order valence-electron chi connectivity index (χ2n) is 3.90. The molecule has 1 aromatic carbocycles. The third-order valence-corrected chi connectivity index (χ3v) is 3.41. The molecule has 0 aliphatic heterocycles. The number of ether oxygens (including phenoxy) is 1. The summed E-state index contributed by atoms with van der Waals surface area (Å²) in [6, 6.07) is 6.56. The van der Waals surface area contributed by atoms with Crippen LogP contribution in [-0.4, -0.2) is 6.10 Å². The zero-order valence-corrected chi connectivity index (χ0v) is 10.2. The van der Waals surface area contributed by atoms with Crippen LogP contribution in [0.3, 0.4) is 0 Å². The molecule has 1 aromatic rings. The summed E-state index contributed by atoms with van der Waals surface area (Å²) in [5.41, 5.74) is 0. The number of rotatable bonds is 2. The fourth-order valence-corrected chi connectivity index (χ4v) is 2.39. The molecule has 2 nitrogen and oxygen atoms in total. The van der Waals surface area contributed by atoms with Crippen molar-refractivity contribution in [3.63, 3.8) is 0 Å². The van der Waals surface area contributed by atoms with E-state index in [0.29, 0.717) is 10.2 Å². The average Bonchev–Trinajstić information content (AvgIpc) is 2.69. The molecule has 0 N–H and O–H groups in total. The third-order valence-electron chi connectivity index (χ3n) is 2.79. The highest BCUT2D eigenvalue weighted by molar-refractivity contribution is 9.10. The minimum atomic E-state index is -0.303. The van der Waals surface area contributed by atoms with E-state index in [4.69, 9.17) is 10.00 Å².